The van der Waals surface area contributed by atoms with Crippen molar-refractivity contribution in [2.45, 2.75) is 58.8 Å². The zero-order valence-corrected chi connectivity index (χ0v) is 19.2. The minimum absolute atomic E-state index is 0.131. The third-order valence-electron chi connectivity index (χ3n) is 5.47. The van der Waals surface area contributed by atoms with E-state index < -0.39 is 18.2 Å². The molecule has 1 saturated heterocycles. The maximum Gasteiger partial charge on any atom is 0.243 e. The molecule has 0 spiro atoms. The summed E-state index contributed by atoms with van der Waals surface area (Å²) >= 11 is 0. The molecule has 0 bridgehead atoms. The van der Waals surface area contributed by atoms with Crippen molar-refractivity contribution in [1.29, 1.82) is 0 Å². The van der Waals surface area contributed by atoms with E-state index in [1.807, 2.05) is 66.1 Å². The summed E-state index contributed by atoms with van der Waals surface area (Å²) in [5, 5.41) is 16.5. The van der Waals surface area contributed by atoms with Gasteiger partial charge in [0.2, 0.25) is 11.8 Å². The normalized spacial score (nSPS) is 20.5. The van der Waals surface area contributed by atoms with Gasteiger partial charge in [-0.3, -0.25) is 9.59 Å². The Balaban J connectivity index is 2.07. The number of aryl methyl sites for hydroxylation is 1. The van der Waals surface area contributed by atoms with Gasteiger partial charge in [0.25, 0.3) is 0 Å². The fourth-order valence-corrected chi connectivity index (χ4v) is 3.68. The highest BCUT2D eigenvalue weighted by atomic mass is 16.3. The minimum atomic E-state index is -0.688. The molecule has 3 N–H and O–H groups in total. The SMILES string of the molecule is Cc1ccc(CNC(=O)[C@@H]2C[C@@H](O)CN2C(=O)[C@@H](NCCN(C)C)C(C)(C)C)cc1. The summed E-state index contributed by atoms with van der Waals surface area (Å²) in [7, 11) is 3.97. The molecule has 1 aromatic rings. The van der Waals surface area contributed by atoms with Gasteiger partial charge >= 0.3 is 0 Å². The van der Waals surface area contributed by atoms with Crippen molar-refractivity contribution in [2.24, 2.45) is 5.41 Å². The molecule has 30 heavy (non-hydrogen) atoms. The van der Waals surface area contributed by atoms with E-state index in [1.54, 1.807) is 4.90 Å². The Hall–Kier alpha value is -1.96. The number of benzene rings is 1. The van der Waals surface area contributed by atoms with Crippen LogP contribution in [-0.4, -0.2) is 78.6 Å². The van der Waals surface area contributed by atoms with Crippen LogP contribution in [0.25, 0.3) is 0 Å². The van der Waals surface area contributed by atoms with Crippen LogP contribution in [0.2, 0.25) is 0 Å². The van der Waals surface area contributed by atoms with Crippen molar-refractivity contribution in [3.8, 4) is 0 Å². The van der Waals surface area contributed by atoms with E-state index in [-0.39, 0.29) is 30.2 Å². The number of likely N-dealkylation sites (N-methyl/N-ethyl adjacent to an activating group) is 1. The highest BCUT2D eigenvalue weighted by Gasteiger charge is 2.43. The number of nitrogens with one attached hydrogen (secondary N) is 2. The third kappa shape index (κ3) is 6.79. The van der Waals surface area contributed by atoms with Crippen LogP contribution in [0.3, 0.4) is 0 Å². The first-order chi connectivity index (χ1) is 14.0. The molecule has 0 saturated carbocycles. The quantitative estimate of drug-likeness (QED) is 0.590. The summed E-state index contributed by atoms with van der Waals surface area (Å²) in [5.74, 6) is -0.352. The van der Waals surface area contributed by atoms with Gasteiger partial charge in [-0.15, -0.1) is 0 Å². The fraction of sp³-hybridized carbons (Fsp3) is 0.652. The molecule has 1 fully saturated rings. The second-order valence-electron chi connectivity index (χ2n) is 9.66. The molecule has 7 heteroatoms. The number of hydrogen-bond acceptors (Lipinski definition) is 5. The second-order valence-corrected chi connectivity index (χ2v) is 9.66. The summed E-state index contributed by atoms with van der Waals surface area (Å²) < 4.78 is 0. The number of rotatable bonds is 8. The average Bonchev–Trinajstić information content (AvgIpc) is 3.05. The van der Waals surface area contributed by atoms with Crippen molar-refractivity contribution in [3.63, 3.8) is 0 Å². The maximum absolute atomic E-state index is 13.4. The van der Waals surface area contributed by atoms with Crippen LogP contribution in [-0.2, 0) is 16.1 Å². The lowest BCUT2D eigenvalue weighted by atomic mass is 9.85. The van der Waals surface area contributed by atoms with Gasteiger partial charge in [0.15, 0.2) is 0 Å². The van der Waals surface area contributed by atoms with Gasteiger partial charge in [0.1, 0.15) is 6.04 Å². The summed E-state index contributed by atoms with van der Waals surface area (Å²) in [6.45, 7) is 10.1. The molecule has 1 aromatic carbocycles. The van der Waals surface area contributed by atoms with E-state index in [1.165, 1.54) is 0 Å². The number of carbonyl (C=O) groups is 2. The van der Waals surface area contributed by atoms with Gasteiger partial charge in [0.05, 0.1) is 12.1 Å². The Bertz CT molecular complexity index is 712. The molecule has 0 aliphatic carbocycles. The van der Waals surface area contributed by atoms with Crippen LogP contribution in [0.1, 0.15) is 38.3 Å². The molecule has 168 valence electrons. The zero-order valence-electron chi connectivity index (χ0n) is 19.2. The van der Waals surface area contributed by atoms with Gasteiger partial charge in [-0.2, -0.15) is 0 Å². The average molecular weight is 419 g/mol. The standard InChI is InChI=1S/C23H38N4O3/c1-16-7-9-17(10-8-16)14-25-21(29)19-13-18(28)15-27(19)22(30)20(23(2,3)4)24-11-12-26(5)6/h7-10,18-20,24,28H,11-15H2,1-6H3,(H,25,29)/t18-,19+,20-/m1/s1. The second kappa shape index (κ2) is 10.4. The highest BCUT2D eigenvalue weighted by Crippen LogP contribution is 2.26. The summed E-state index contributed by atoms with van der Waals surface area (Å²) in [4.78, 5) is 29.9. The predicted octanol–water partition coefficient (Wildman–Crippen LogP) is 1.14. The van der Waals surface area contributed by atoms with Crippen LogP contribution in [0.15, 0.2) is 24.3 Å². The monoisotopic (exact) mass is 418 g/mol. The third-order valence-corrected chi connectivity index (χ3v) is 5.47. The van der Waals surface area contributed by atoms with E-state index in [2.05, 4.69) is 15.5 Å². The molecule has 1 aliphatic heterocycles. The number of carbonyl (C=O) groups excluding carboxylic acids is 2. The summed E-state index contributed by atoms with van der Waals surface area (Å²) in [6, 6.07) is 6.88. The maximum atomic E-state index is 13.4. The Morgan fingerprint density at radius 2 is 1.87 bits per heavy atom. The van der Waals surface area contributed by atoms with Crippen LogP contribution in [0.4, 0.5) is 0 Å². The molecule has 0 unspecified atom stereocenters. The van der Waals surface area contributed by atoms with E-state index in [9.17, 15) is 14.7 Å². The smallest absolute Gasteiger partial charge is 0.243 e. The number of β-amino-alcohol motifs (C(OH)–C–C–N with tert-alkyl or cyclic N) is 1. The lowest BCUT2D eigenvalue weighted by Gasteiger charge is -2.35. The van der Waals surface area contributed by atoms with Crippen molar-refractivity contribution >= 4 is 11.8 Å². The van der Waals surface area contributed by atoms with Crippen molar-refractivity contribution in [2.75, 3.05) is 33.7 Å². The first kappa shape index (κ1) is 24.3. The Kier molecular flexibility index (Phi) is 8.41. The fourth-order valence-electron chi connectivity index (χ4n) is 3.68. The number of aliphatic hydroxyl groups excluding tert-OH is 1. The van der Waals surface area contributed by atoms with Crippen molar-refractivity contribution in [1.82, 2.24) is 20.4 Å². The largest absolute Gasteiger partial charge is 0.391 e. The molecular formula is C23H38N4O3. The predicted molar refractivity (Wildman–Crippen MR) is 119 cm³/mol. The molecule has 1 aliphatic rings. The lowest BCUT2D eigenvalue weighted by molar-refractivity contribution is -0.142. The first-order valence-electron chi connectivity index (χ1n) is 10.7. The van der Waals surface area contributed by atoms with Gasteiger partial charge in [0, 0.05) is 32.6 Å². The Morgan fingerprint density at radius 3 is 2.43 bits per heavy atom. The topological polar surface area (TPSA) is 84.9 Å². The zero-order chi connectivity index (χ0) is 22.5. The number of aliphatic hydroxyl groups is 1. The van der Waals surface area contributed by atoms with E-state index in [4.69, 9.17) is 0 Å². The summed E-state index contributed by atoms with van der Waals surface area (Å²) in [6.07, 6.45) is -0.425. The molecule has 2 amide bonds. The molecule has 7 nitrogen and oxygen atoms in total. The molecule has 0 aromatic heterocycles. The minimum Gasteiger partial charge on any atom is -0.391 e. The van der Waals surface area contributed by atoms with Gasteiger partial charge in [-0.25, -0.2) is 0 Å². The molecular weight excluding hydrogens is 380 g/mol. The van der Waals surface area contributed by atoms with Crippen LogP contribution in [0.5, 0.6) is 0 Å². The Morgan fingerprint density at radius 1 is 1.23 bits per heavy atom. The van der Waals surface area contributed by atoms with Crippen LogP contribution in [0, 0.1) is 12.3 Å². The first-order valence-corrected chi connectivity index (χ1v) is 10.7. The van der Waals surface area contributed by atoms with Crippen molar-refractivity contribution < 1.29 is 14.7 Å². The van der Waals surface area contributed by atoms with E-state index in [0.717, 1.165) is 17.7 Å². The lowest BCUT2D eigenvalue weighted by Crippen LogP contribution is -2.57. The highest BCUT2D eigenvalue weighted by molar-refractivity contribution is 5.91. The molecule has 2 rings (SSSR count). The number of amides is 2. The van der Waals surface area contributed by atoms with Crippen LogP contribution < -0.4 is 10.6 Å². The Labute approximate surface area is 180 Å². The van der Waals surface area contributed by atoms with Gasteiger partial charge in [-0.05, 0) is 32.0 Å². The number of likely N-dealkylation sites (tertiary alicyclic amines) is 1. The molecule has 0 radical (unpaired) electrons. The van der Waals surface area contributed by atoms with E-state index >= 15 is 0 Å². The van der Waals surface area contributed by atoms with E-state index in [0.29, 0.717) is 13.1 Å². The van der Waals surface area contributed by atoms with Crippen LogP contribution >= 0.6 is 0 Å². The van der Waals surface area contributed by atoms with Gasteiger partial charge < -0.3 is 25.5 Å². The molecule has 1 heterocycles. The van der Waals surface area contributed by atoms with Gasteiger partial charge in [-0.1, -0.05) is 50.6 Å². The summed E-state index contributed by atoms with van der Waals surface area (Å²) in [5.41, 5.74) is 1.85. The van der Waals surface area contributed by atoms with Crippen molar-refractivity contribution in [3.05, 3.63) is 35.4 Å². The number of hydrogen-bond donors (Lipinski definition) is 3. The number of nitrogens with zero attached hydrogens (tertiary/aromatic N) is 2. The molecule has 3 atom stereocenters.